The molecule has 0 radical (unpaired) electrons. The van der Waals surface area contributed by atoms with Gasteiger partial charge in [0.15, 0.2) is 0 Å². The minimum Gasteiger partial charge on any atom is -0.351 e. The van der Waals surface area contributed by atoms with E-state index in [-0.39, 0.29) is 30.2 Å². The molecule has 2 unspecified atom stereocenters. The third-order valence-corrected chi connectivity index (χ3v) is 5.01. The van der Waals surface area contributed by atoms with Gasteiger partial charge in [0.2, 0.25) is 0 Å². The van der Waals surface area contributed by atoms with Gasteiger partial charge in [0.1, 0.15) is 0 Å². The maximum absolute atomic E-state index is 12.4. The Kier molecular flexibility index (Phi) is 5.65. The average Bonchev–Trinajstić information content (AvgIpc) is 2.67. The lowest BCUT2D eigenvalue weighted by atomic mass is 9.92. The van der Waals surface area contributed by atoms with Gasteiger partial charge in [0, 0.05) is 23.7 Å². The van der Waals surface area contributed by atoms with E-state index < -0.39 is 0 Å². The summed E-state index contributed by atoms with van der Waals surface area (Å²) in [6, 6.07) is 17.9. The molecular formula is C23H24N2O2. The van der Waals surface area contributed by atoms with Gasteiger partial charge in [0.05, 0.1) is 5.92 Å². The number of allylic oxidation sites excluding steroid dienone is 1. The molecule has 2 amide bonds. The fraction of sp³-hybridized carbons (Fsp3) is 0.261. The van der Waals surface area contributed by atoms with Gasteiger partial charge in [-0.15, -0.1) is 0 Å². The molecule has 1 heterocycles. The zero-order chi connectivity index (χ0) is 19.4. The molecule has 3 rings (SSSR count). The third-order valence-electron chi connectivity index (χ3n) is 5.01. The summed E-state index contributed by atoms with van der Waals surface area (Å²) in [5, 5.41) is 2.85. The van der Waals surface area contributed by atoms with E-state index in [0.29, 0.717) is 11.3 Å². The van der Waals surface area contributed by atoms with Crippen molar-refractivity contribution in [2.75, 3.05) is 6.54 Å². The summed E-state index contributed by atoms with van der Waals surface area (Å²) in [4.78, 5) is 28.5. The van der Waals surface area contributed by atoms with E-state index in [1.807, 2.05) is 55.5 Å². The standard InChI is InChI=1S/C23H24N2O2/c1-15-13-16(2)25-23(27)21(15)14-24-22(26)20-11-9-19(10-12-20)17(3)18-7-5-4-6-8-18/h4-13,17,21H,14H2,1-3H3,(H,24,26). The van der Waals surface area contributed by atoms with Crippen LogP contribution in [0.3, 0.4) is 0 Å². The number of dihydropyridines is 1. The van der Waals surface area contributed by atoms with Gasteiger partial charge in [-0.3, -0.25) is 9.59 Å². The molecule has 2 atom stereocenters. The second kappa shape index (κ2) is 8.12. The van der Waals surface area contributed by atoms with Crippen LogP contribution in [0.2, 0.25) is 0 Å². The van der Waals surface area contributed by atoms with Crippen LogP contribution in [-0.2, 0) is 4.79 Å². The van der Waals surface area contributed by atoms with Crippen LogP contribution >= 0.6 is 0 Å². The number of benzene rings is 2. The lowest BCUT2D eigenvalue weighted by Crippen LogP contribution is -2.34. The zero-order valence-electron chi connectivity index (χ0n) is 15.9. The fourth-order valence-electron chi connectivity index (χ4n) is 3.31. The molecule has 2 aromatic carbocycles. The summed E-state index contributed by atoms with van der Waals surface area (Å²) in [5.41, 5.74) is 4.62. The highest BCUT2D eigenvalue weighted by molar-refractivity contribution is 6.06. The van der Waals surface area contributed by atoms with Crippen molar-refractivity contribution in [1.82, 2.24) is 5.32 Å². The van der Waals surface area contributed by atoms with Gasteiger partial charge < -0.3 is 5.32 Å². The number of carbonyl (C=O) groups is 2. The first-order valence-corrected chi connectivity index (χ1v) is 9.16. The second-order valence-electron chi connectivity index (χ2n) is 7.00. The zero-order valence-corrected chi connectivity index (χ0v) is 15.9. The van der Waals surface area contributed by atoms with E-state index in [0.717, 1.165) is 11.1 Å². The Labute approximate surface area is 160 Å². The summed E-state index contributed by atoms with van der Waals surface area (Å²) in [7, 11) is 0. The van der Waals surface area contributed by atoms with Gasteiger partial charge in [-0.1, -0.05) is 55.0 Å². The lowest BCUT2D eigenvalue weighted by Gasteiger charge is -2.19. The van der Waals surface area contributed by atoms with Crippen LogP contribution in [0.15, 0.2) is 71.2 Å². The third kappa shape index (κ3) is 4.40. The first kappa shape index (κ1) is 18.8. The van der Waals surface area contributed by atoms with Gasteiger partial charge in [0.25, 0.3) is 11.8 Å². The molecule has 0 bridgehead atoms. The van der Waals surface area contributed by atoms with E-state index in [4.69, 9.17) is 0 Å². The smallest absolute Gasteiger partial charge is 0.254 e. The molecule has 27 heavy (non-hydrogen) atoms. The molecule has 0 aliphatic carbocycles. The predicted molar refractivity (Wildman–Crippen MR) is 108 cm³/mol. The lowest BCUT2D eigenvalue weighted by molar-refractivity contribution is -0.120. The van der Waals surface area contributed by atoms with E-state index in [1.165, 1.54) is 5.56 Å². The highest BCUT2D eigenvalue weighted by atomic mass is 16.2. The first-order valence-electron chi connectivity index (χ1n) is 9.16. The van der Waals surface area contributed by atoms with Crippen LogP contribution in [0.4, 0.5) is 0 Å². The molecular weight excluding hydrogens is 336 g/mol. The van der Waals surface area contributed by atoms with Crippen molar-refractivity contribution in [3.05, 3.63) is 82.9 Å². The maximum Gasteiger partial charge on any atom is 0.254 e. The Morgan fingerprint density at radius 1 is 1.04 bits per heavy atom. The van der Waals surface area contributed by atoms with Gasteiger partial charge in [-0.25, -0.2) is 4.99 Å². The Bertz CT molecular complexity index is 896. The number of hydrogen-bond acceptors (Lipinski definition) is 2. The van der Waals surface area contributed by atoms with Crippen molar-refractivity contribution in [2.45, 2.75) is 26.7 Å². The second-order valence-corrected chi connectivity index (χ2v) is 7.00. The van der Waals surface area contributed by atoms with Gasteiger partial charge in [-0.05, 0) is 43.2 Å². The van der Waals surface area contributed by atoms with Crippen molar-refractivity contribution in [3.8, 4) is 0 Å². The van der Waals surface area contributed by atoms with Crippen LogP contribution in [0, 0.1) is 5.92 Å². The molecule has 0 saturated heterocycles. The van der Waals surface area contributed by atoms with Crippen molar-refractivity contribution in [3.63, 3.8) is 0 Å². The quantitative estimate of drug-likeness (QED) is 0.871. The SMILES string of the molecule is CC1=CC(C)=NC(=O)C1CNC(=O)c1ccc(C(C)c2ccccc2)cc1. The van der Waals surface area contributed by atoms with Crippen molar-refractivity contribution < 1.29 is 9.59 Å². The number of amides is 2. The summed E-state index contributed by atoms with van der Waals surface area (Å²) in [6.07, 6.45) is 1.89. The fourth-order valence-corrected chi connectivity index (χ4v) is 3.31. The maximum atomic E-state index is 12.4. The van der Waals surface area contributed by atoms with Crippen molar-refractivity contribution in [1.29, 1.82) is 0 Å². The molecule has 1 aliphatic rings. The molecule has 138 valence electrons. The van der Waals surface area contributed by atoms with Gasteiger partial charge in [-0.2, -0.15) is 0 Å². The van der Waals surface area contributed by atoms with E-state index in [2.05, 4.69) is 29.4 Å². The Balaban J connectivity index is 1.63. The normalized spacial score (nSPS) is 17.7. The van der Waals surface area contributed by atoms with Gasteiger partial charge >= 0.3 is 0 Å². The number of nitrogens with one attached hydrogen (secondary N) is 1. The van der Waals surface area contributed by atoms with Crippen LogP contribution in [0.25, 0.3) is 0 Å². The number of nitrogens with zero attached hydrogens (tertiary/aromatic N) is 1. The molecule has 0 aromatic heterocycles. The molecule has 4 nitrogen and oxygen atoms in total. The Morgan fingerprint density at radius 2 is 1.67 bits per heavy atom. The summed E-state index contributed by atoms with van der Waals surface area (Å²) >= 11 is 0. The average molecular weight is 360 g/mol. The molecule has 2 aromatic rings. The van der Waals surface area contributed by atoms with E-state index >= 15 is 0 Å². The van der Waals surface area contributed by atoms with Crippen LogP contribution in [0.1, 0.15) is 48.2 Å². The highest BCUT2D eigenvalue weighted by Crippen LogP contribution is 2.24. The number of aliphatic imine (C=N–C) groups is 1. The molecule has 0 spiro atoms. The Morgan fingerprint density at radius 3 is 2.30 bits per heavy atom. The topological polar surface area (TPSA) is 58.5 Å². The van der Waals surface area contributed by atoms with Crippen molar-refractivity contribution in [2.24, 2.45) is 10.9 Å². The van der Waals surface area contributed by atoms with Crippen LogP contribution < -0.4 is 5.32 Å². The van der Waals surface area contributed by atoms with Crippen LogP contribution in [0.5, 0.6) is 0 Å². The largest absolute Gasteiger partial charge is 0.351 e. The molecule has 0 saturated carbocycles. The Hall–Kier alpha value is -3.01. The number of rotatable bonds is 5. The van der Waals surface area contributed by atoms with Crippen LogP contribution in [-0.4, -0.2) is 24.1 Å². The van der Waals surface area contributed by atoms with E-state index in [1.54, 1.807) is 6.92 Å². The van der Waals surface area contributed by atoms with Crippen molar-refractivity contribution >= 4 is 17.5 Å². The monoisotopic (exact) mass is 360 g/mol. The number of carbonyl (C=O) groups excluding carboxylic acids is 2. The molecule has 1 N–H and O–H groups in total. The minimum absolute atomic E-state index is 0.180. The summed E-state index contributed by atoms with van der Waals surface area (Å²) < 4.78 is 0. The highest BCUT2D eigenvalue weighted by Gasteiger charge is 2.24. The van der Waals surface area contributed by atoms with E-state index in [9.17, 15) is 9.59 Å². The summed E-state index contributed by atoms with van der Waals surface area (Å²) in [6.45, 7) is 6.11. The predicted octanol–water partition coefficient (Wildman–Crippen LogP) is 4.13. The number of hydrogen-bond donors (Lipinski definition) is 1. The minimum atomic E-state index is -0.380. The molecule has 4 heteroatoms. The summed E-state index contributed by atoms with van der Waals surface area (Å²) in [5.74, 6) is -0.493. The molecule has 1 aliphatic heterocycles. The first-order chi connectivity index (χ1) is 13.0. The molecule has 0 fully saturated rings.